The third-order valence-corrected chi connectivity index (χ3v) is 4.48. The smallest absolute Gasteiger partial charge is 0.387 e. The van der Waals surface area contributed by atoms with Crippen LogP contribution in [-0.2, 0) is 5.75 Å². The first-order chi connectivity index (χ1) is 13.0. The van der Waals surface area contributed by atoms with Gasteiger partial charge in [-0.25, -0.2) is 4.39 Å². The molecule has 2 aromatic rings. The van der Waals surface area contributed by atoms with Crippen LogP contribution in [0.5, 0.6) is 11.5 Å². The van der Waals surface area contributed by atoms with Crippen molar-refractivity contribution in [3.8, 4) is 11.5 Å². The first-order valence-electron chi connectivity index (χ1n) is 8.32. The van der Waals surface area contributed by atoms with Gasteiger partial charge in [0.1, 0.15) is 5.82 Å². The molecule has 0 saturated carbocycles. The van der Waals surface area contributed by atoms with Gasteiger partial charge in [-0.2, -0.15) is 20.5 Å². The Kier molecular flexibility index (Phi) is 8.32. The maximum absolute atomic E-state index is 13.5. The number of alkyl halides is 2. The molecule has 0 aliphatic carbocycles. The van der Waals surface area contributed by atoms with Gasteiger partial charge in [-0.15, -0.1) is 0 Å². The van der Waals surface area contributed by atoms with Crippen molar-refractivity contribution in [2.75, 3.05) is 18.9 Å². The molecule has 0 fully saturated rings. The van der Waals surface area contributed by atoms with E-state index in [-0.39, 0.29) is 35.4 Å². The minimum Gasteiger partial charge on any atom is -0.490 e. The molecule has 1 N–H and O–H groups in total. The number of halogens is 3. The second-order valence-electron chi connectivity index (χ2n) is 5.37. The van der Waals surface area contributed by atoms with Crippen LogP contribution in [0, 0.1) is 5.82 Å². The molecule has 2 aromatic carbocycles. The lowest BCUT2D eigenvalue weighted by atomic mass is 10.2. The largest absolute Gasteiger partial charge is 0.490 e. The Morgan fingerprint density at radius 2 is 1.96 bits per heavy atom. The van der Waals surface area contributed by atoms with Crippen molar-refractivity contribution >= 4 is 17.7 Å². The van der Waals surface area contributed by atoms with Crippen LogP contribution in [0.1, 0.15) is 22.8 Å². The molecule has 0 spiro atoms. The maximum Gasteiger partial charge on any atom is 0.387 e. The monoisotopic (exact) mass is 399 g/mol. The van der Waals surface area contributed by atoms with Crippen molar-refractivity contribution in [2.45, 2.75) is 19.3 Å². The molecular formula is C19H20F3NO3S. The van der Waals surface area contributed by atoms with E-state index in [2.05, 4.69) is 10.1 Å². The van der Waals surface area contributed by atoms with Gasteiger partial charge in [0, 0.05) is 23.6 Å². The Hall–Kier alpha value is -2.35. The number of rotatable bonds is 10. The molecule has 0 aliphatic rings. The Balaban J connectivity index is 1.84. The first-order valence-corrected chi connectivity index (χ1v) is 9.47. The lowest BCUT2D eigenvalue weighted by molar-refractivity contribution is -0.0514. The molecule has 4 nitrogen and oxygen atoms in total. The minimum absolute atomic E-state index is 0.0828. The number of ether oxygens (including phenoxy) is 2. The standard InChI is InChI=1S/C19H20F3NO3S/c1-2-25-17-11-13(7-8-16(17)26-19(21)22)18(24)23-9-10-27-12-14-5-3-4-6-15(14)20/h3-8,11,19H,2,9-10,12H2,1H3,(H,23,24). The third kappa shape index (κ3) is 6.71. The van der Waals surface area contributed by atoms with Gasteiger partial charge in [0.2, 0.25) is 0 Å². The van der Waals surface area contributed by atoms with Gasteiger partial charge >= 0.3 is 6.61 Å². The highest BCUT2D eigenvalue weighted by molar-refractivity contribution is 7.98. The quantitative estimate of drug-likeness (QED) is 0.598. The third-order valence-electron chi connectivity index (χ3n) is 3.47. The van der Waals surface area contributed by atoms with Crippen LogP contribution in [0.25, 0.3) is 0 Å². The zero-order chi connectivity index (χ0) is 19.6. The Morgan fingerprint density at radius 1 is 1.19 bits per heavy atom. The molecule has 0 heterocycles. The van der Waals surface area contributed by atoms with Gasteiger partial charge in [0.15, 0.2) is 11.5 Å². The fourth-order valence-corrected chi connectivity index (χ4v) is 3.09. The number of nitrogens with one attached hydrogen (secondary N) is 1. The van der Waals surface area contributed by atoms with Crippen molar-refractivity contribution in [2.24, 2.45) is 0 Å². The van der Waals surface area contributed by atoms with Crippen molar-refractivity contribution in [1.29, 1.82) is 0 Å². The van der Waals surface area contributed by atoms with E-state index in [1.165, 1.54) is 36.0 Å². The SMILES string of the molecule is CCOc1cc(C(=O)NCCSCc2ccccc2F)ccc1OC(F)F. The topological polar surface area (TPSA) is 47.6 Å². The second-order valence-corrected chi connectivity index (χ2v) is 6.48. The molecule has 146 valence electrons. The molecular weight excluding hydrogens is 379 g/mol. The number of hydrogen-bond acceptors (Lipinski definition) is 4. The Labute approximate surface area is 160 Å². The average molecular weight is 399 g/mol. The summed E-state index contributed by atoms with van der Waals surface area (Å²) < 4.78 is 47.9. The van der Waals surface area contributed by atoms with E-state index in [1.807, 2.05) is 0 Å². The maximum atomic E-state index is 13.5. The molecule has 0 unspecified atom stereocenters. The van der Waals surface area contributed by atoms with Crippen LogP contribution in [0.2, 0.25) is 0 Å². The fourth-order valence-electron chi connectivity index (χ4n) is 2.25. The molecule has 0 radical (unpaired) electrons. The number of benzene rings is 2. The van der Waals surface area contributed by atoms with Crippen molar-refractivity contribution in [3.63, 3.8) is 0 Å². The summed E-state index contributed by atoms with van der Waals surface area (Å²) in [5.41, 5.74) is 0.893. The van der Waals surface area contributed by atoms with Crippen LogP contribution < -0.4 is 14.8 Å². The molecule has 0 aliphatic heterocycles. The summed E-state index contributed by atoms with van der Waals surface area (Å²) in [6.45, 7) is -0.643. The highest BCUT2D eigenvalue weighted by Crippen LogP contribution is 2.29. The van der Waals surface area contributed by atoms with E-state index in [4.69, 9.17) is 4.74 Å². The zero-order valence-corrected chi connectivity index (χ0v) is 15.5. The van der Waals surface area contributed by atoms with Crippen LogP contribution in [0.3, 0.4) is 0 Å². The molecule has 0 saturated heterocycles. The summed E-state index contributed by atoms with van der Waals surface area (Å²) in [6.07, 6.45) is 0. The molecule has 0 aromatic heterocycles. The molecule has 1 amide bonds. The van der Waals surface area contributed by atoms with Gasteiger partial charge < -0.3 is 14.8 Å². The van der Waals surface area contributed by atoms with Crippen molar-refractivity contribution in [1.82, 2.24) is 5.32 Å². The molecule has 0 atom stereocenters. The minimum atomic E-state index is -2.98. The van der Waals surface area contributed by atoms with E-state index < -0.39 is 6.61 Å². The van der Waals surface area contributed by atoms with Crippen LogP contribution in [0.15, 0.2) is 42.5 Å². The molecule has 0 bridgehead atoms. The Bertz CT molecular complexity index is 759. The van der Waals surface area contributed by atoms with Gasteiger partial charge in [0.05, 0.1) is 6.61 Å². The zero-order valence-electron chi connectivity index (χ0n) is 14.7. The normalized spacial score (nSPS) is 10.7. The van der Waals surface area contributed by atoms with Crippen molar-refractivity contribution < 1.29 is 27.4 Å². The highest BCUT2D eigenvalue weighted by atomic mass is 32.2. The molecule has 27 heavy (non-hydrogen) atoms. The summed E-state index contributed by atoms with van der Waals surface area (Å²) in [4.78, 5) is 12.2. The fraction of sp³-hybridized carbons (Fsp3) is 0.316. The van der Waals surface area contributed by atoms with Crippen LogP contribution in [-0.4, -0.2) is 31.4 Å². The average Bonchev–Trinajstić information content (AvgIpc) is 2.64. The molecule has 8 heteroatoms. The lowest BCUT2D eigenvalue weighted by Gasteiger charge is -2.13. The number of carbonyl (C=O) groups is 1. The van der Waals surface area contributed by atoms with E-state index >= 15 is 0 Å². The number of carbonyl (C=O) groups excluding carboxylic acids is 1. The highest BCUT2D eigenvalue weighted by Gasteiger charge is 2.14. The lowest BCUT2D eigenvalue weighted by Crippen LogP contribution is -2.25. The summed E-state index contributed by atoms with van der Waals surface area (Å²) in [7, 11) is 0. The number of thioether (sulfide) groups is 1. The van der Waals surface area contributed by atoms with Gasteiger partial charge in [-0.05, 0) is 36.8 Å². The summed E-state index contributed by atoms with van der Waals surface area (Å²) >= 11 is 1.50. The number of hydrogen-bond donors (Lipinski definition) is 1. The van der Waals surface area contributed by atoms with E-state index in [1.54, 1.807) is 25.1 Å². The Morgan fingerprint density at radius 3 is 2.67 bits per heavy atom. The van der Waals surface area contributed by atoms with Gasteiger partial charge in [-0.1, -0.05) is 18.2 Å². The summed E-state index contributed by atoms with van der Waals surface area (Å²) in [5.74, 6) is 0.472. The van der Waals surface area contributed by atoms with Gasteiger partial charge in [0.25, 0.3) is 5.91 Å². The van der Waals surface area contributed by atoms with Crippen LogP contribution in [0.4, 0.5) is 13.2 Å². The van der Waals surface area contributed by atoms with Crippen molar-refractivity contribution in [3.05, 3.63) is 59.4 Å². The summed E-state index contributed by atoms with van der Waals surface area (Å²) in [6, 6.07) is 10.6. The predicted molar refractivity (Wildman–Crippen MR) is 99.1 cm³/mol. The second kappa shape index (κ2) is 10.7. The predicted octanol–water partition coefficient (Wildman–Crippen LogP) is 4.49. The van der Waals surface area contributed by atoms with E-state index in [0.29, 0.717) is 23.6 Å². The van der Waals surface area contributed by atoms with E-state index in [9.17, 15) is 18.0 Å². The van der Waals surface area contributed by atoms with Gasteiger partial charge in [-0.3, -0.25) is 4.79 Å². The number of amides is 1. The van der Waals surface area contributed by atoms with E-state index in [0.717, 1.165) is 0 Å². The first kappa shape index (κ1) is 21.0. The molecule has 2 rings (SSSR count). The summed E-state index contributed by atoms with van der Waals surface area (Å²) in [5, 5.41) is 2.73. The van der Waals surface area contributed by atoms with Crippen LogP contribution >= 0.6 is 11.8 Å².